The molecule has 1 aliphatic heterocycles. The minimum atomic E-state index is -0.587. The molecule has 0 radical (unpaired) electrons. The predicted molar refractivity (Wildman–Crippen MR) is 109 cm³/mol. The molecule has 3 rings (SSSR count). The van der Waals surface area contributed by atoms with Crippen LogP contribution in [0.25, 0.3) is 0 Å². The zero-order chi connectivity index (χ0) is 19.4. The Kier molecular flexibility index (Phi) is 5.97. The Morgan fingerprint density at radius 2 is 1.89 bits per heavy atom. The average Bonchev–Trinajstić information content (AvgIpc) is 3.14. The number of hydrogen-bond acceptors (Lipinski definition) is 4. The molecular formula is C21H27N3O2S. The van der Waals surface area contributed by atoms with Gasteiger partial charge in [-0.3, -0.25) is 14.5 Å². The summed E-state index contributed by atoms with van der Waals surface area (Å²) in [6.07, 6.45) is 0.995. The number of rotatable bonds is 4. The van der Waals surface area contributed by atoms with Crippen LogP contribution in [-0.4, -0.2) is 35.3 Å². The number of hydrogen-bond donors (Lipinski definition) is 2. The molecule has 0 saturated carbocycles. The molecule has 1 aromatic heterocycles. The summed E-state index contributed by atoms with van der Waals surface area (Å²) < 4.78 is 0. The molecule has 1 unspecified atom stereocenters. The molecule has 5 nitrogen and oxygen atoms in total. The quantitative estimate of drug-likeness (QED) is 0.796. The van der Waals surface area contributed by atoms with Gasteiger partial charge in [-0.25, -0.2) is 0 Å². The van der Waals surface area contributed by atoms with Crippen LogP contribution in [-0.2, 0) is 22.6 Å². The lowest BCUT2D eigenvalue weighted by atomic mass is 9.97. The molecule has 2 amide bonds. The number of nitrogens with zero attached hydrogens (tertiary/aromatic N) is 1. The monoisotopic (exact) mass is 385 g/mol. The van der Waals surface area contributed by atoms with Crippen molar-refractivity contribution < 1.29 is 9.59 Å². The van der Waals surface area contributed by atoms with Gasteiger partial charge in [-0.15, -0.1) is 0 Å². The largest absolute Gasteiger partial charge is 0.346 e. The van der Waals surface area contributed by atoms with Gasteiger partial charge in [0.1, 0.15) is 0 Å². The molecule has 2 heterocycles. The Labute approximate surface area is 164 Å². The normalized spacial score (nSPS) is 15.7. The minimum absolute atomic E-state index is 0.0518. The molecule has 0 saturated heterocycles. The first-order valence-corrected chi connectivity index (χ1v) is 10.2. The van der Waals surface area contributed by atoms with E-state index in [0.717, 1.165) is 19.5 Å². The highest BCUT2D eigenvalue weighted by molar-refractivity contribution is 7.08. The van der Waals surface area contributed by atoms with E-state index in [2.05, 4.69) is 51.2 Å². The lowest BCUT2D eigenvalue weighted by Gasteiger charge is -2.35. The first-order valence-electron chi connectivity index (χ1n) is 9.27. The second-order valence-corrected chi connectivity index (χ2v) is 8.76. The van der Waals surface area contributed by atoms with Crippen LogP contribution in [0.3, 0.4) is 0 Å². The lowest BCUT2D eigenvalue weighted by Crippen LogP contribution is -2.49. The van der Waals surface area contributed by atoms with Gasteiger partial charge in [-0.05, 0) is 60.7 Å². The van der Waals surface area contributed by atoms with Gasteiger partial charge in [0.2, 0.25) is 0 Å². The molecule has 0 aliphatic carbocycles. The first kappa shape index (κ1) is 19.6. The molecule has 2 aromatic rings. The van der Waals surface area contributed by atoms with E-state index in [1.807, 2.05) is 26.2 Å². The Bertz CT molecular complexity index is 796. The number of amides is 2. The van der Waals surface area contributed by atoms with Gasteiger partial charge in [-0.1, -0.05) is 24.3 Å². The number of benzene rings is 1. The molecule has 27 heavy (non-hydrogen) atoms. The summed E-state index contributed by atoms with van der Waals surface area (Å²) in [6.45, 7) is 7.77. The number of carbonyl (C=O) groups excluding carboxylic acids is 2. The molecular weight excluding hydrogens is 358 g/mol. The topological polar surface area (TPSA) is 61.4 Å². The van der Waals surface area contributed by atoms with E-state index >= 15 is 0 Å². The van der Waals surface area contributed by atoms with Crippen LogP contribution in [0.15, 0.2) is 41.1 Å². The van der Waals surface area contributed by atoms with Crippen molar-refractivity contribution in [3.8, 4) is 0 Å². The van der Waals surface area contributed by atoms with Crippen molar-refractivity contribution in [3.63, 3.8) is 0 Å². The Morgan fingerprint density at radius 3 is 2.56 bits per heavy atom. The van der Waals surface area contributed by atoms with E-state index < -0.39 is 17.4 Å². The lowest BCUT2D eigenvalue weighted by molar-refractivity contribution is -0.140. The standard InChI is InChI=1S/C21H27N3O2S/c1-21(2,3)23-20(26)19(25)22-12-18(17-9-11-27-14-17)24-10-8-15-6-4-5-7-16(15)13-24/h4-7,9,11,14,18H,8,10,12-13H2,1-3H3,(H,22,25)(H,23,26). The molecule has 2 N–H and O–H groups in total. The van der Waals surface area contributed by atoms with Crippen molar-refractivity contribution in [2.24, 2.45) is 0 Å². The van der Waals surface area contributed by atoms with E-state index in [4.69, 9.17) is 0 Å². The zero-order valence-corrected chi connectivity index (χ0v) is 16.9. The van der Waals surface area contributed by atoms with Crippen molar-refractivity contribution in [3.05, 3.63) is 57.8 Å². The summed E-state index contributed by atoms with van der Waals surface area (Å²) in [5.41, 5.74) is 3.47. The molecule has 1 atom stereocenters. The molecule has 144 valence electrons. The van der Waals surface area contributed by atoms with Gasteiger partial charge in [0.25, 0.3) is 0 Å². The zero-order valence-electron chi connectivity index (χ0n) is 16.1. The van der Waals surface area contributed by atoms with Crippen molar-refractivity contribution in [2.45, 2.75) is 45.3 Å². The van der Waals surface area contributed by atoms with E-state index in [1.165, 1.54) is 16.7 Å². The molecule has 1 aromatic carbocycles. The molecule has 0 spiro atoms. The second-order valence-electron chi connectivity index (χ2n) is 7.98. The highest BCUT2D eigenvalue weighted by Gasteiger charge is 2.27. The average molecular weight is 386 g/mol. The number of nitrogens with one attached hydrogen (secondary N) is 2. The van der Waals surface area contributed by atoms with Gasteiger partial charge >= 0.3 is 11.8 Å². The summed E-state index contributed by atoms with van der Waals surface area (Å²) in [6, 6.07) is 10.7. The van der Waals surface area contributed by atoms with Crippen LogP contribution in [0.2, 0.25) is 0 Å². The maximum atomic E-state index is 12.2. The molecule has 0 fully saturated rings. The summed E-state index contributed by atoms with van der Waals surface area (Å²) in [7, 11) is 0. The van der Waals surface area contributed by atoms with Crippen molar-refractivity contribution in [2.75, 3.05) is 13.1 Å². The Morgan fingerprint density at radius 1 is 1.15 bits per heavy atom. The first-order chi connectivity index (χ1) is 12.8. The predicted octanol–water partition coefficient (Wildman–Crippen LogP) is 2.88. The SMILES string of the molecule is CC(C)(C)NC(=O)C(=O)NCC(c1ccsc1)N1CCc2ccccc2C1. The number of carbonyl (C=O) groups is 2. The highest BCUT2D eigenvalue weighted by atomic mass is 32.1. The van der Waals surface area contributed by atoms with Crippen molar-refractivity contribution >= 4 is 23.2 Å². The summed E-state index contributed by atoms with van der Waals surface area (Å²) in [5.74, 6) is -1.17. The fourth-order valence-electron chi connectivity index (χ4n) is 3.37. The minimum Gasteiger partial charge on any atom is -0.346 e. The van der Waals surface area contributed by atoms with Gasteiger partial charge < -0.3 is 10.6 Å². The van der Waals surface area contributed by atoms with Crippen LogP contribution in [0, 0.1) is 0 Å². The van der Waals surface area contributed by atoms with Gasteiger partial charge in [0.15, 0.2) is 0 Å². The van der Waals surface area contributed by atoms with E-state index in [0.29, 0.717) is 6.54 Å². The van der Waals surface area contributed by atoms with Crippen molar-refractivity contribution in [1.29, 1.82) is 0 Å². The third-order valence-electron chi connectivity index (χ3n) is 4.68. The molecule has 1 aliphatic rings. The van der Waals surface area contributed by atoms with E-state index in [1.54, 1.807) is 11.3 Å². The molecule has 6 heteroatoms. The van der Waals surface area contributed by atoms with Gasteiger partial charge in [-0.2, -0.15) is 11.3 Å². The smallest absolute Gasteiger partial charge is 0.309 e. The van der Waals surface area contributed by atoms with Gasteiger partial charge in [0.05, 0.1) is 6.04 Å². The molecule has 0 bridgehead atoms. The summed E-state index contributed by atoms with van der Waals surface area (Å²) >= 11 is 1.65. The van der Waals surface area contributed by atoms with Crippen molar-refractivity contribution in [1.82, 2.24) is 15.5 Å². The van der Waals surface area contributed by atoms with Crippen LogP contribution in [0.1, 0.15) is 43.5 Å². The van der Waals surface area contributed by atoms with E-state index in [9.17, 15) is 9.59 Å². The number of fused-ring (bicyclic) bond motifs is 1. The maximum absolute atomic E-state index is 12.2. The Hall–Kier alpha value is -2.18. The van der Waals surface area contributed by atoms with Crippen LogP contribution < -0.4 is 10.6 Å². The second kappa shape index (κ2) is 8.23. The van der Waals surface area contributed by atoms with E-state index in [-0.39, 0.29) is 6.04 Å². The summed E-state index contributed by atoms with van der Waals surface area (Å²) in [4.78, 5) is 26.7. The third kappa shape index (κ3) is 5.17. The third-order valence-corrected chi connectivity index (χ3v) is 5.38. The maximum Gasteiger partial charge on any atom is 0.309 e. The number of thiophene rings is 1. The van der Waals surface area contributed by atoms with Crippen LogP contribution >= 0.6 is 11.3 Å². The highest BCUT2D eigenvalue weighted by Crippen LogP contribution is 2.28. The van der Waals surface area contributed by atoms with Crippen LogP contribution in [0.5, 0.6) is 0 Å². The summed E-state index contributed by atoms with van der Waals surface area (Å²) in [5, 5.41) is 9.70. The Balaban J connectivity index is 1.69. The van der Waals surface area contributed by atoms with Crippen LogP contribution in [0.4, 0.5) is 0 Å². The van der Waals surface area contributed by atoms with Gasteiger partial charge in [0, 0.05) is 25.2 Å². The fourth-order valence-corrected chi connectivity index (χ4v) is 4.08. The fraction of sp³-hybridized carbons (Fsp3) is 0.429.